The van der Waals surface area contributed by atoms with Crippen LogP contribution in [-0.2, 0) is 0 Å². The van der Waals surface area contributed by atoms with Gasteiger partial charge in [0, 0.05) is 18.0 Å². The second kappa shape index (κ2) is 9.10. The first-order valence-electron chi connectivity index (χ1n) is 9.10. The Bertz CT molecular complexity index is 809. The molecule has 1 saturated heterocycles. The highest BCUT2D eigenvalue weighted by Crippen LogP contribution is 2.37. The SMILES string of the molecule is COc1cc2c(Cl)c(NC(=O)O)cnc2cc1OCCCN1CCCCC1. The van der Waals surface area contributed by atoms with Crippen LogP contribution in [0.3, 0.4) is 0 Å². The number of likely N-dealkylation sites (tertiary alicyclic amines) is 1. The van der Waals surface area contributed by atoms with Crippen molar-refractivity contribution in [2.24, 2.45) is 0 Å². The number of methoxy groups -OCH3 is 1. The molecular weight excluding hydrogens is 370 g/mol. The zero-order valence-electron chi connectivity index (χ0n) is 15.3. The Morgan fingerprint density at radius 2 is 2.07 bits per heavy atom. The van der Waals surface area contributed by atoms with Gasteiger partial charge in [0.05, 0.1) is 36.1 Å². The predicted octanol–water partition coefficient (Wildman–Crippen LogP) is 4.24. The average molecular weight is 394 g/mol. The number of carbonyl (C=O) groups is 1. The van der Waals surface area contributed by atoms with Gasteiger partial charge in [-0.15, -0.1) is 0 Å². The predicted molar refractivity (Wildman–Crippen MR) is 105 cm³/mol. The van der Waals surface area contributed by atoms with Crippen molar-refractivity contribution in [2.75, 3.05) is 38.7 Å². The third kappa shape index (κ3) is 4.93. The van der Waals surface area contributed by atoms with E-state index in [0.717, 1.165) is 13.0 Å². The van der Waals surface area contributed by atoms with E-state index >= 15 is 0 Å². The lowest BCUT2D eigenvalue weighted by Crippen LogP contribution is -2.31. The van der Waals surface area contributed by atoms with Crippen LogP contribution in [0.1, 0.15) is 25.7 Å². The van der Waals surface area contributed by atoms with Crippen molar-refractivity contribution in [1.82, 2.24) is 9.88 Å². The molecule has 0 radical (unpaired) electrons. The summed E-state index contributed by atoms with van der Waals surface area (Å²) in [6, 6.07) is 3.49. The number of anilines is 1. The van der Waals surface area contributed by atoms with Gasteiger partial charge in [0.1, 0.15) is 0 Å². The highest BCUT2D eigenvalue weighted by molar-refractivity contribution is 6.38. The number of fused-ring (bicyclic) bond motifs is 1. The van der Waals surface area contributed by atoms with Crippen molar-refractivity contribution in [3.63, 3.8) is 0 Å². The number of halogens is 1. The Kier molecular flexibility index (Phi) is 6.58. The number of ether oxygens (including phenoxy) is 2. The van der Waals surface area contributed by atoms with Crippen molar-refractivity contribution in [2.45, 2.75) is 25.7 Å². The minimum Gasteiger partial charge on any atom is -0.493 e. The molecule has 27 heavy (non-hydrogen) atoms. The van der Waals surface area contributed by atoms with Crippen LogP contribution >= 0.6 is 11.6 Å². The van der Waals surface area contributed by atoms with Gasteiger partial charge in [-0.05, 0) is 38.4 Å². The number of hydrogen-bond acceptors (Lipinski definition) is 5. The number of aromatic nitrogens is 1. The lowest BCUT2D eigenvalue weighted by Gasteiger charge is -2.26. The Labute approximate surface area is 163 Å². The van der Waals surface area contributed by atoms with Gasteiger partial charge in [-0.1, -0.05) is 18.0 Å². The molecular formula is C19H24ClN3O4. The minimum atomic E-state index is -1.20. The van der Waals surface area contributed by atoms with Gasteiger partial charge in [0.2, 0.25) is 0 Å². The fourth-order valence-corrected chi connectivity index (χ4v) is 3.54. The van der Waals surface area contributed by atoms with Crippen LogP contribution in [0.25, 0.3) is 10.9 Å². The third-order valence-corrected chi connectivity index (χ3v) is 5.06. The number of amides is 1. The fourth-order valence-electron chi connectivity index (χ4n) is 3.30. The maximum atomic E-state index is 10.8. The normalized spacial score (nSPS) is 14.9. The number of pyridine rings is 1. The number of nitrogens with one attached hydrogen (secondary N) is 1. The average Bonchev–Trinajstić information content (AvgIpc) is 2.67. The van der Waals surface area contributed by atoms with Crippen LogP contribution in [0.5, 0.6) is 11.5 Å². The molecule has 1 amide bonds. The second-order valence-corrected chi connectivity index (χ2v) is 6.92. The molecule has 1 aromatic heterocycles. The van der Waals surface area contributed by atoms with E-state index in [1.807, 2.05) is 0 Å². The first-order chi connectivity index (χ1) is 13.1. The summed E-state index contributed by atoms with van der Waals surface area (Å²) in [4.78, 5) is 17.6. The van der Waals surface area contributed by atoms with Crippen LogP contribution in [0.2, 0.25) is 5.02 Å². The number of hydrogen-bond donors (Lipinski definition) is 2. The van der Waals surface area contributed by atoms with Gasteiger partial charge in [0.15, 0.2) is 11.5 Å². The maximum absolute atomic E-state index is 10.8. The van der Waals surface area contributed by atoms with E-state index in [2.05, 4.69) is 15.2 Å². The Balaban J connectivity index is 1.70. The monoisotopic (exact) mass is 393 g/mol. The van der Waals surface area contributed by atoms with Crippen molar-refractivity contribution >= 4 is 34.3 Å². The summed E-state index contributed by atoms with van der Waals surface area (Å²) in [5.74, 6) is 1.14. The highest BCUT2D eigenvalue weighted by atomic mass is 35.5. The number of nitrogens with zero attached hydrogens (tertiary/aromatic N) is 2. The van der Waals surface area contributed by atoms with Crippen molar-refractivity contribution < 1.29 is 19.4 Å². The van der Waals surface area contributed by atoms with Crippen molar-refractivity contribution in [3.05, 3.63) is 23.4 Å². The smallest absolute Gasteiger partial charge is 0.409 e. The van der Waals surface area contributed by atoms with Crippen LogP contribution in [0, 0.1) is 0 Å². The number of piperidine rings is 1. The van der Waals surface area contributed by atoms with Gasteiger partial charge in [0.25, 0.3) is 0 Å². The molecule has 7 nitrogen and oxygen atoms in total. The van der Waals surface area contributed by atoms with Crippen LogP contribution in [0.15, 0.2) is 18.3 Å². The molecule has 1 aliphatic heterocycles. The van der Waals surface area contributed by atoms with Gasteiger partial charge >= 0.3 is 6.09 Å². The molecule has 1 fully saturated rings. The van der Waals surface area contributed by atoms with Crippen molar-refractivity contribution in [1.29, 1.82) is 0 Å². The lowest BCUT2D eigenvalue weighted by molar-refractivity contribution is 0.203. The largest absolute Gasteiger partial charge is 0.493 e. The highest BCUT2D eigenvalue weighted by Gasteiger charge is 2.14. The van der Waals surface area contributed by atoms with Gasteiger partial charge in [-0.3, -0.25) is 10.3 Å². The summed E-state index contributed by atoms with van der Waals surface area (Å²) < 4.78 is 11.3. The van der Waals surface area contributed by atoms with Crippen LogP contribution in [-0.4, -0.2) is 54.4 Å². The lowest BCUT2D eigenvalue weighted by atomic mass is 10.1. The molecule has 2 aromatic rings. The summed E-state index contributed by atoms with van der Waals surface area (Å²) in [5, 5.41) is 12.0. The first kappa shape index (κ1) is 19.5. The molecule has 2 heterocycles. The van der Waals surface area contributed by atoms with Gasteiger partial charge in [-0.2, -0.15) is 0 Å². The number of benzene rings is 1. The van der Waals surface area contributed by atoms with E-state index in [-0.39, 0.29) is 10.7 Å². The topological polar surface area (TPSA) is 83.9 Å². The van der Waals surface area contributed by atoms with E-state index in [0.29, 0.717) is 29.0 Å². The van der Waals surface area contributed by atoms with Crippen molar-refractivity contribution in [3.8, 4) is 11.5 Å². The summed E-state index contributed by atoms with van der Waals surface area (Å²) in [6.45, 7) is 3.97. The first-order valence-corrected chi connectivity index (χ1v) is 9.47. The molecule has 0 spiro atoms. The zero-order chi connectivity index (χ0) is 19.2. The minimum absolute atomic E-state index is 0.230. The molecule has 0 saturated carbocycles. The quantitative estimate of drug-likeness (QED) is 0.684. The van der Waals surface area contributed by atoms with E-state index < -0.39 is 6.09 Å². The zero-order valence-corrected chi connectivity index (χ0v) is 16.1. The molecule has 0 unspecified atom stereocenters. The summed E-state index contributed by atoms with van der Waals surface area (Å²) in [7, 11) is 1.56. The van der Waals surface area contributed by atoms with E-state index in [9.17, 15) is 4.79 Å². The second-order valence-electron chi connectivity index (χ2n) is 6.54. The maximum Gasteiger partial charge on any atom is 0.409 e. The Morgan fingerprint density at radius 3 is 2.78 bits per heavy atom. The van der Waals surface area contributed by atoms with E-state index in [1.54, 1.807) is 19.2 Å². The van der Waals surface area contributed by atoms with Crippen LogP contribution < -0.4 is 14.8 Å². The van der Waals surface area contributed by atoms with Crippen LogP contribution in [0.4, 0.5) is 10.5 Å². The molecule has 3 rings (SSSR count). The van der Waals surface area contributed by atoms with E-state index in [1.165, 1.54) is 38.5 Å². The molecule has 0 bridgehead atoms. The van der Waals surface area contributed by atoms with Gasteiger partial charge < -0.3 is 19.5 Å². The van der Waals surface area contributed by atoms with E-state index in [4.69, 9.17) is 26.2 Å². The molecule has 8 heteroatoms. The fraction of sp³-hybridized carbons (Fsp3) is 0.474. The molecule has 1 aliphatic rings. The summed E-state index contributed by atoms with van der Waals surface area (Å²) >= 11 is 6.31. The summed E-state index contributed by atoms with van der Waals surface area (Å²) in [6.07, 6.45) is 5.04. The molecule has 1 aromatic carbocycles. The standard InChI is InChI=1S/C19H24ClN3O4/c1-26-16-10-13-14(21-12-15(18(13)20)22-19(24)25)11-17(16)27-9-5-8-23-6-3-2-4-7-23/h10-12,22H,2-9H2,1H3,(H,24,25). The Hall–Kier alpha value is -2.25. The Morgan fingerprint density at radius 1 is 1.30 bits per heavy atom. The van der Waals surface area contributed by atoms with Gasteiger partial charge in [-0.25, -0.2) is 4.79 Å². The number of rotatable bonds is 7. The molecule has 2 N–H and O–H groups in total. The number of carboxylic acid groups (broad SMARTS) is 1. The molecule has 146 valence electrons. The summed E-state index contributed by atoms with van der Waals surface area (Å²) in [5.41, 5.74) is 0.844. The molecule has 0 atom stereocenters. The third-order valence-electron chi connectivity index (χ3n) is 4.65. The molecule has 0 aliphatic carbocycles.